The van der Waals surface area contributed by atoms with Gasteiger partial charge in [-0.2, -0.15) is 0 Å². The number of anilines is 2. The molecule has 0 spiro atoms. The minimum Gasteiger partial charge on any atom is -0.494 e. The number of ether oxygens (including phenoxy) is 1. The third kappa shape index (κ3) is 5.29. The smallest absolute Gasteiger partial charge is 0.244 e. The highest BCUT2D eigenvalue weighted by atomic mass is 16.5. The van der Waals surface area contributed by atoms with Gasteiger partial charge in [0.15, 0.2) is 0 Å². The van der Waals surface area contributed by atoms with Crippen LogP contribution in [0.1, 0.15) is 31.4 Å². The summed E-state index contributed by atoms with van der Waals surface area (Å²) in [4.78, 5) is 32.3. The lowest BCUT2D eigenvalue weighted by Crippen LogP contribution is -2.38. The molecule has 0 bridgehead atoms. The Hall–Kier alpha value is -3.93. The van der Waals surface area contributed by atoms with Crippen molar-refractivity contribution in [3.05, 3.63) is 83.9 Å². The molecule has 1 aliphatic rings. The van der Waals surface area contributed by atoms with E-state index in [9.17, 15) is 9.59 Å². The number of carbonyl (C=O) groups excluding carboxylic acids is 2. The van der Waals surface area contributed by atoms with Crippen molar-refractivity contribution in [1.82, 2.24) is 0 Å². The Kier molecular flexibility index (Phi) is 6.83. The summed E-state index contributed by atoms with van der Waals surface area (Å²) in [5.74, 6) is 0.293. The van der Waals surface area contributed by atoms with Gasteiger partial charge in [0.25, 0.3) is 0 Å². The van der Waals surface area contributed by atoms with E-state index in [0.717, 1.165) is 17.7 Å². The summed E-state index contributed by atoms with van der Waals surface area (Å²) in [6, 6.07) is 22.7. The Morgan fingerprint density at radius 3 is 2.42 bits per heavy atom. The van der Waals surface area contributed by atoms with Gasteiger partial charge in [0.2, 0.25) is 11.8 Å². The normalized spacial score (nSPS) is 13.1. The van der Waals surface area contributed by atoms with Crippen molar-refractivity contribution in [3.63, 3.8) is 0 Å². The molecule has 6 nitrogen and oxygen atoms in total. The highest BCUT2D eigenvalue weighted by molar-refractivity contribution is 6.19. The van der Waals surface area contributed by atoms with Crippen molar-refractivity contribution < 1.29 is 14.3 Å². The second-order valence-corrected chi connectivity index (χ2v) is 7.76. The third-order valence-corrected chi connectivity index (χ3v) is 5.49. The molecule has 33 heavy (non-hydrogen) atoms. The van der Waals surface area contributed by atoms with E-state index in [0.29, 0.717) is 29.4 Å². The molecule has 4 rings (SSSR count). The number of hydrogen-bond acceptors (Lipinski definition) is 4. The van der Waals surface area contributed by atoms with Crippen LogP contribution in [0.4, 0.5) is 17.1 Å². The number of nitrogens with zero attached hydrogens (tertiary/aromatic N) is 2. The summed E-state index contributed by atoms with van der Waals surface area (Å²) < 4.78 is 5.44. The van der Waals surface area contributed by atoms with Gasteiger partial charge in [-0.05, 0) is 60.9 Å². The van der Waals surface area contributed by atoms with Crippen LogP contribution in [0.2, 0.25) is 0 Å². The van der Waals surface area contributed by atoms with E-state index in [1.807, 2.05) is 43.3 Å². The minimum absolute atomic E-state index is 0.0966. The zero-order valence-electron chi connectivity index (χ0n) is 18.9. The molecule has 3 aromatic rings. The average molecular weight is 442 g/mol. The van der Waals surface area contributed by atoms with Crippen LogP contribution in [0.5, 0.6) is 5.75 Å². The molecule has 168 valence electrons. The number of aliphatic imine (C=N–C) groups is 1. The van der Waals surface area contributed by atoms with Gasteiger partial charge in [0.1, 0.15) is 12.3 Å². The first kappa shape index (κ1) is 22.3. The van der Waals surface area contributed by atoms with Gasteiger partial charge in [-0.15, -0.1) is 0 Å². The monoisotopic (exact) mass is 441 g/mol. The van der Waals surface area contributed by atoms with Crippen LogP contribution < -0.4 is 15.0 Å². The first-order valence-corrected chi connectivity index (χ1v) is 11.2. The van der Waals surface area contributed by atoms with E-state index in [1.165, 1.54) is 10.5 Å². The molecule has 0 saturated carbocycles. The molecule has 0 aliphatic carbocycles. The van der Waals surface area contributed by atoms with Gasteiger partial charge in [0.05, 0.1) is 30.1 Å². The molecular formula is C27H27N3O3. The summed E-state index contributed by atoms with van der Waals surface area (Å²) in [7, 11) is 0. The van der Waals surface area contributed by atoms with Crippen molar-refractivity contribution in [2.24, 2.45) is 4.99 Å². The molecule has 0 unspecified atom stereocenters. The molecule has 0 fully saturated rings. The molecule has 1 aliphatic heterocycles. The van der Waals surface area contributed by atoms with Gasteiger partial charge in [-0.3, -0.25) is 14.6 Å². The van der Waals surface area contributed by atoms with Crippen molar-refractivity contribution in [2.45, 2.75) is 26.7 Å². The van der Waals surface area contributed by atoms with Crippen molar-refractivity contribution >= 4 is 34.6 Å². The van der Waals surface area contributed by atoms with Gasteiger partial charge in [0, 0.05) is 5.69 Å². The lowest BCUT2D eigenvalue weighted by molar-refractivity contribution is -0.120. The third-order valence-electron chi connectivity index (χ3n) is 5.49. The summed E-state index contributed by atoms with van der Waals surface area (Å²) in [5, 5.41) is 2.86. The number of para-hydroxylation sites is 2. The number of aryl methyl sites for hydroxylation is 1. The van der Waals surface area contributed by atoms with Gasteiger partial charge >= 0.3 is 0 Å². The van der Waals surface area contributed by atoms with E-state index in [1.54, 1.807) is 24.3 Å². The highest BCUT2D eigenvalue weighted by Crippen LogP contribution is 2.33. The number of benzene rings is 3. The predicted octanol–water partition coefficient (Wildman–Crippen LogP) is 5.14. The van der Waals surface area contributed by atoms with Crippen LogP contribution in [0.25, 0.3) is 0 Å². The van der Waals surface area contributed by atoms with Crippen LogP contribution in [-0.2, 0) is 16.0 Å². The Morgan fingerprint density at radius 2 is 1.73 bits per heavy atom. The summed E-state index contributed by atoms with van der Waals surface area (Å²) in [6.07, 6.45) is 1.07. The van der Waals surface area contributed by atoms with Gasteiger partial charge in [-0.1, -0.05) is 43.3 Å². The van der Waals surface area contributed by atoms with Crippen molar-refractivity contribution in [3.8, 4) is 5.75 Å². The van der Waals surface area contributed by atoms with E-state index in [2.05, 4.69) is 24.4 Å². The topological polar surface area (TPSA) is 71.0 Å². The SMILES string of the molecule is CCOc1ccc(NC(=O)CN2C(=O)CC(c3ccc(CC)cc3)=Nc3ccccc32)cc1. The number of amides is 2. The summed E-state index contributed by atoms with van der Waals surface area (Å²) in [6.45, 7) is 4.50. The second-order valence-electron chi connectivity index (χ2n) is 7.76. The molecule has 2 amide bonds. The number of nitrogens with one attached hydrogen (secondary N) is 1. The van der Waals surface area contributed by atoms with Crippen molar-refractivity contribution in [1.29, 1.82) is 0 Å². The number of carbonyl (C=O) groups is 2. The molecule has 1 N–H and O–H groups in total. The predicted molar refractivity (Wildman–Crippen MR) is 132 cm³/mol. The first-order chi connectivity index (χ1) is 16.1. The summed E-state index contributed by atoms with van der Waals surface area (Å²) >= 11 is 0. The Labute approximate surface area is 193 Å². The van der Waals surface area contributed by atoms with Crippen LogP contribution in [0, 0.1) is 0 Å². The highest BCUT2D eigenvalue weighted by Gasteiger charge is 2.26. The molecule has 3 aromatic carbocycles. The van der Waals surface area contributed by atoms with Crippen LogP contribution in [-0.4, -0.2) is 30.7 Å². The fourth-order valence-corrected chi connectivity index (χ4v) is 3.76. The average Bonchev–Trinajstić information content (AvgIpc) is 2.97. The maximum Gasteiger partial charge on any atom is 0.244 e. The number of fused-ring (bicyclic) bond motifs is 1. The maximum atomic E-state index is 13.2. The maximum absolute atomic E-state index is 13.2. The van der Waals surface area contributed by atoms with E-state index in [4.69, 9.17) is 9.73 Å². The number of hydrogen-bond donors (Lipinski definition) is 1. The van der Waals surface area contributed by atoms with E-state index >= 15 is 0 Å². The quantitative estimate of drug-likeness (QED) is 0.552. The largest absolute Gasteiger partial charge is 0.494 e. The molecule has 6 heteroatoms. The van der Waals surface area contributed by atoms with Gasteiger partial charge < -0.3 is 15.0 Å². The minimum atomic E-state index is -0.280. The Morgan fingerprint density at radius 1 is 1.00 bits per heavy atom. The summed E-state index contributed by atoms with van der Waals surface area (Å²) in [5.41, 5.74) is 4.79. The fourth-order valence-electron chi connectivity index (χ4n) is 3.76. The van der Waals surface area contributed by atoms with Crippen LogP contribution in [0.3, 0.4) is 0 Å². The van der Waals surface area contributed by atoms with E-state index < -0.39 is 0 Å². The first-order valence-electron chi connectivity index (χ1n) is 11.2. The van der Waals surface area contributed by atoms with E-state index in [-0.39, 0.29) is 24.8 Å². The molecular weight excluding hydrogens is 414 g/mol. The molecule has 0 aromatic heterocycles. The molecule has 0 saturated heterocycles. The fraction of sp³-hybridized carbons (Fsp3) is 0.222. The van der Waals surface area contributed by atoms with Crippen LogP contribution in [0.15, 0.2) is 77.8 Å². The van der Waals surface area contributed by atoms with Crippen LogP contribution >= 0.6 is 0 Å². The van der Waals surface area contributed by atoms with Gasteiger partial charge in [-0.25, -0.2) is 0 Å². The Balaban J connectivity index is 1.54. The number of rotatable bonds is 7. The lowest BCUT2D eigenvalue weighted by atomic mass is 10.0. The zero-order valence-corrected chi connectivity index (χ0v) is 18.9. The zero-order chi connectivity index (χ0) is 23.2. The molecule has 0 atom stereocenters. The Bertz CT molecular complexity index is 1170. The standard InChI is InChI=1S/C27H27N3O3/c1-3-19-9-11-20(12-10-19)24-17-27(32)30(25-8-6-5-7-23(25)29-24)18-26(31)28-21-13-15-22(16-14-21)33-4-2/h5-16H,3-4,17-18H2,1-2H3,(H,28,31). The second kappa shape index (κ2) is 10.1. The van der Waals surface area contributed by atoms with Crippen molar-refractivity contribution in [2.75, 3.05) is 23.4 Å². The molecule has 1 heterocycles. The molecule has 0 radical (unpaired) electrons. The lowest BCUT2D eigenvalue weighted by Gasteiger charge is -2.22.